The fourth-order valence-corrected chi connectivity index (χ4v) is 4.96. The molecule has 2 saturated carbocycles. The van der Waals surface area contributed by atoms with Gasteiger partial charge in [0.1, 0.15) is 18.3 Å². The number of rotatable bonds is 5. The number of aromatic nitrogens is 2. The summed E-state index contributed by atoms with van der Waals surface area (Å²) >= 11 is 0. The Bertz CT molecular complexity index is 718. The lowest BCUT2D eigenvalue weighted by Crippen LogP contribution is -2.45. The number of halogens is 1. The zero-order chi connectivity index (χ0) is 19.3. The zero-order valence-electron chi connectivity index (χ0n) is 16.4. The van der Waals surface area contributed by atoms with E-state index in [9.17, 15) is 9.50 Å². The fourth-order valence-electron chi connectivity index (χ4n) is 4.96. The van der Waals surface area contributed by atoms with Crippen LogP contribution in [-0.2, 0) is 4.74 Å². The maximum atomic E-state index is 14.7. The van der Waals surface area contributed by atoms with E-state index >= 15 is 0 Å². The van der Waals surface area contributed by atoms with E-state index in [0.717, 1.165) is 43.9 Å². The highest BCUT2D eigenvalue weighted by atomic mass is 19.1. The summed E-state index contributed by atoms with van der Waals surface area (Å²) in [7, 11) is 0. The lowest BCUT2D eigenvalue weighted by atomic mass is 9.78. The zero-order valence-corrected chi connectivity index (χ0v) is 16.4. The Morgan fingerprint density at radius 1 is 1.32 bits per heavy atom. The Hall–Kier alpha value is -1.35. The number of nitrogens with zero attached hydrogens (tertiary/aromatic N) is 3. The van der Waals surface area contributed by atoms with Crippen molar-refractivity contribution < 1.29 is 14.2 Å². The first-order chi connectivity index (χ1) is 13.5. The van der Waals surface area contributed by atoms with Gasteiger partial charge in [0.2, 0.25) is 0 Å². The van der Waals surface area contributed by atoms with Gasteiger partial charge in [-0.3, -0.25) is 5.43 Å². The number of nitrogens with one attached hydrogen (secondary N) is 2. The van der Waals surface area contributed by atoms with Gasteiger partial charge in [-0.1, -0.05) is 0 Å². The highest BCUT2D eigenvalue weighted by molar-refractivity contribution is 5.41. The molecule has 4 fully saturated rings. The van der Waals surface area contributed by atoms with Crippen molar-refractivity contribution in [3.8, 4) is 0 Å². The molecular formula is C20H30FN5O2. The third kappa shape index (κ3) is 3.51. The highest BCUT2D eigenvalue weighted by Crippen LogP contribution is 2.45. The minimum absolute atomic E-state index is 0.0219. The van der Waals surface area contributed by atoms with Gasteiger partial charge in [-0.05, 0) is 39.0 Å². The SMILES string of the molecule is CC1(OC2CC3C(CC2F)NNC3c2cc(N3CC[C@H](CO)C3)ncn2)CC1. The van der Waals surface area contributed by atoms with Gasteiger partial charge < -0.3 is 14.7 Å². The maximum Gasteiger partial charge on any atom is 0.132 e. The number of aliphatic hydroxyl groups excluding tert-OH is 1. The molecule has 0 radical (unpaired) electrons. The number of fused-ring (bicyclic) bond motifs is 1. The highest BCUT2D eigenvalue weighted by Gasteiger charge is 2.50. The van der Waals surface area contributed by atoms with Crippen LogP contribution < -0.4 is 15.8 Å². The summed E-state index contributed by atoms with van der Waals surface area (Å²) in [6.45, 7) is 4.04. The molecule has 154 valence electrons. The summed E-state index contributed by atoms with van der Waals surface area (Å²) in [6.07, 6.45) is 4.58. The van der Waals surface area contributed by atoms with Crippen LogP contribution in [0.15, 0.2) is 12.4 Å². The smallest absolute Gasteiger partial charge is 0.132 e. The molecule has 0 bridgehead atoms. The predicted octanol–water partition coefficient (Wildman–Crippen LogP) is 1.50. The van der Waals surface area contributed by atoms with E-state index in [4.69, 9.17) is 4.74 Å². The molecule has 1 aromatic rings. The van der Waals surface area contributed by atoms with Crippen LogP contribution in [0.2, 0.25) is 0 Å². The number of aliphatic hydroxyl groups is 1. The normalized spacial score (nSPS) is 39.2. The van der Waals surface area contributed by atoms with Crippen molar-refractivity contribution in [3.63, 3.8) is 0 Å². The van der Waals surface area contributed by atoms with Crippen LogP contribution in [0.25, 0.3) is 0 Å². The van der Waals surface area contributed by atoms with Crippen molar-refractivity contribution in [1.82, 2.24) is 20.8 Å². The Morgan fingerprint density at radius 2 is 2.18 bits per heavy atom. The molecule has 1 aromatic heterocycles. The van der Waals surface area contributed by atoms with E-state index in [-0.39, 0.29) is 36.3 Å². The van der Waals surface area contributed by atoms with Gasteiger partial charge in [0.05, 0.1) is 23.4 Å². The van der Waals surface area contributed by atoms with Gasteiger partial charge in [0.25, 0.3) is 0 Å². The molecule has 3 N–H and O–H groups in total. The van der Waals surface area contributed by atoms with Crippen LogP contribution in [0.5, 0.6) is 0 Å². The molecule has 2 saturated heterocycles. The summed E-state index contributed by atoms with van der Waals surface area (Å²) in [6, 6.07) is 2.16. The molecule has 4 aliphatic rings. The second-order valence-electron chi connectivity index (χ2n) is 9.21. The number of hydrogen-bond donors (Lipinski definition) is 3. The van der Waals surface area contributed by atoms with Crippen molar-refractivity contribution >= 4 is 5.82 Å². The quantitative estimate of drug-likeness (QED) is 0.702. The maximum absolute atomic E-state index is 14.7. The van der Waals surface area contributed by atoms with E-state index < -0.39 is 6.17 Å². The number of alkyl halides is 1. The number of hydrogen-bond acceptors (Lipinski definition) is 7. The Morgan fingerprint density at radius 3 is 2.93 bits per heavy atom. The average molecular weight is 391 g/mol. The molecule has 3 heterocycles. The van der Waals surface area contributed by atoms with Crippen LogP contribution >= 0.6 is 0 Å². The topological polar surface area (TPSA) is 82.5 Å². The van der Waals surface area contributed by atoms with Crippen molar-refractivity contribution in [3.05, 3.63) is 18.1 Å². The summed E-state index contributed by atoms with van der Waals surface area (Å²) in [4.78, 5) is 11.2. The predicted molar refractivity (Wildman–Crippen MR) is 102 cm³/mol. The van der Waals surface area contributed by atoms with Gasteiger partial charge in [-0.2, -0.15) is 0 Å². The second-order valence-corrected chi connectivity index (χ2v) is 9.21. The summed E-state index contributed by atoms with van der Waals surface area (Å²) in [5.74, 6) is 1.46. The first kappa shape index (κ1) is 18.7. The first-order valence-corrected chi connectivity index (χ1v) is 10.6. The largest absolute Gasteiger partial charge is 0.396 e. The van der Waals surface area contributed by atoms with E-state index in [0.29, 0.717) is 18.8 Å². The van der Waals surface area contributed by atoms with Crippen molar-refractivity contribution in [2.75, 3.05) is 24.6 Å². The Labute approximate surface area is 165 Å². The van der Waals surface area contributed by atoms with Gasteiger partial charge in [-0.15, -0.1) is 0 Å². The lowest BCUT2D eigenvalue weighted by Gasteiger charge is -2.36. The van der Waals surface area contributed by atoms with Gasteiger partial charge in [0.15, 0.2) is 0 Å². The first-order valence-electron chi connectivity index (χ1n) is 10.6. The summed E-state index contributed by atoms with van der Waals surface area (Å²) < 4.78 is 20.8. The molecular weight excluding hydrogens is 361 g/mol. The molecule has 7 nitrogen and oxygen atoms in total. The molecule has 2 aliphatic heterocycles. The third-order valence-electron chi connectivity index (χ3n) is 7.01. The molecule has 8 heteroatoms. The number of ether oxygens (including phenoxy) is 1. The Balaban J connectivity index is 1.31. The van der Waals surface area contributed by atoms with Crippen molar-refractivity contribution in [2.45, 2.75) is 69.0 Å². The van der Waals surface area contributed by atoms with Crippen LogP contribution in [0, 0.1) is 11.8 Å². The monoisotopic (exact) mass is 391 g/mol. The van der Waals surface area contributed by atoms with Crippen LogP contribution in [0.3, 0.4) is 0 Å². The standard InChI is InChI=1S/C20H30FN5O2/c1-20(3-4-20)28-17-6-13-15(7-14(17)21)24-25-19(13)16-8-18(23-11-22-16)26-5-2-12(9-26)10-27/h8,11-15,17,19,24-25,27H,2-7,9-10H2,1H3/t12-,13?,14?,15?,17?,19?/m0/s1. The summed E-state index contributed by atoms with van der Waals surface area (Å²) in [5.41, 5.74) is 7.46. The molecule has 2 aliphatic carbocycles. The lowest BCUT2D eigenvalue weighted by molar-refractivity contribution is -0.0886. The van der Waals surface area contributed by atoms with Crippen LogP contribution in [0.4, 0.5) is 10.2 Å². The van der Waals surface area contributed by atoms with Gasteiger partial charge in [0, 0.05) is 43.6 Å². The van der Waals surface area contributed by atoms with E-state index in [1.54, 1.807) is 6.33 Å². The van der Waals surface area contributed by atoms with E-state index in [2.05, 4.69) is 32.6 Å². The van der Waals surface area contributed by atoms with Gasteiger partial charge >= 0.3 is 0 Å². The number of anilines is 1. The Kier molecular flexibility index (Phi) is 4.77. The van der Waals surface area contributed by atoms with Gasteiger partial charge in [-0.25, -0.2) is 19.8 Å². The fraction of sp³-hybridized carbons (Fsp3) is 0.800. The minimum Gasteiger partial charge on any atom is -0.396 e. The molecule has 6 atom stereocenters. The average Bonchev–Trinajstić information content (AvgIpc) is 3.10. The molecule has 0 aromatic carbocycles. The minimum atomic E-state index is -0.923. The second kappa shape index (κ2) is 7.16. The van der Waals surface area contributed by atoms with Crippen LogP contribution in [0.1, 0.15) is 50.8 Å². The molecule has 5 rings (SSSR count). The summed E-state index contributed by atoms with van der Waals surface area (Å²) in [5, 5.41) is 9.40. The van der Waals surface area contributed by atoms with Crippen LogP contribution in [-0.4, -0.2) is 58.7 Å². The molecule has 28 heavy (non-hydrogen) atoms. The molecule has 0 spiro atoms. The molecule has 5 unspecified atom stereocenters. The van der Waals surface area contributed by atoms with Crippen molar-refractivity contribution in [2.24, 2.45) is 11.8 Å². The van der Waals surface area contributed by atoms with Crippen molar-refractivity contribution in [1.29, 1.82) is 0 Å². The van der Waals surface area contributed by atoms with E-state index in [1.165, 1.54) is 0 Å². The van der Waals surface area contributed by atoms with E-state index in [1.807, 2.05) is 6.07 Å². The third-order valence-corrected chi connectivity index (χ3v) is 7.01. The number of hydrazine groups is 1. The molecule has 0 amide bonds.